The van der Waals surface area contributed by atoms with Gasteiger partial charge in [0.25, 0.3) is 5.91 Å². The summed E-state index contributed by atoms with van der Waals surface area (Å²) in [6, 6.07) is 11.2. The second-order valence-corrected chi connectivity index (χ2v) is 6.78. The van der Waals surface area contributed by atoms with E-state index in [9.17, 15) is 4.79 Å². The third-order valence-corrected chi connectivity index (χ3v) is 4.74. The lowest BCUT2D eigenvalue weighted by molar-refractivity contribution is 0.0948. The lowest BCUT2D eigenvalue weighted by Crippen LogP contribution is -2.29. The van der Waals surface area contributed by atoms with Gasteiger partial charge in [-0.1, -0.05) is 23.9 Å². The van der Waals surface area contributed by atoms with E-state index in [0.29, 0.717) is 17.3 Å². The Morgan fingerprint density at radius 1 is 1.43 bits per heavy atom. The van der Waals surface area contributed by atoms with Gasteiger partial charge in [0, 0.05) is 11.3 Å². The molecule has 1 aromatic carbocycles. The van der Waals surface area contributed by atoms with E-state index in [2.05, 4.69) is 17.2 Å². The highest BCUT2D eigenvalue weighted by Crippen LogP contribution is 2.35. The molecule has 3 N–H and O–H groups in total. The topological polar surface area (TPSA) is 80.6 Å². The van der Waals surface area contributed by atoms with E-state index in [0.717, 1.165) is 23.5 Å². The van der Waals surface area contributed by atoms with E-state index in [1.54, 1.807) is 30.2 Å². The van der Waals surface area contributed by atoms with Crippen LogP contribution in [0.15, 0.2) is 52.1 Å². The minimum Gasteiger partial charge on any atom is -0.467 e. The summed E-state index contributed by atoms with van der Waals surface area (Å²) in [6.45, 7) is 2.43. The first-order valence-corrected chi connectivity index (χ1v) is 8.45. The maximum absolute atomic E-state index is 12.3. The van der Waals surface area contributed by atoms with Crippen LogP contribution < -0.4 is 11.1 Å². The molecule has 1 aliphatic heterocycles. The Morgan fingerprint density at radius 2 is 2.30 bits per heavy atom. The largest absolute Gasteiger partial charge is 0.467 e. The number of hydrogen-bond acceptors (Lipinski definition) is 5. The van der Waals surface area contributed by atoms with Crippen molar-refractivity contribution in [3.8, 4) is 0 Å². The Balaban J connectivity index is 1.77. The molecule has 2 heterocycles. The molecule has 0 radical (unpaired) electrons. The molecule has 0 aliphatic carbocycles. The van der Waals surface area contributed by atoms with Gasteiger partial charge in [0.2, 0.25) is 0 Å². The van der Waals surface area contributed by atoms with E-state index >= 15 is 0 Å². The number of amides is 1. The van der Waals surface area contributed by atoms with E-state index < -0.39 is 0 Å². The Labute approximate surface area is 139 Å². The first kappa shape index (κ1) is 15.7. The van der Waals surface area contributed by atoms with Crippen LogP contribution in [-0.4, -0.2) is 16.8 Å². The standard InChI is InChI=1S/C17H19N3O2S/c1-17(7-9-23-16(18)20-17)13-5-2-4-12(10-13)15(21)19-11-14-6-3-8-22-14/h2-6,8,10H,7,9,11H2,1H3,(H2,18,20)(H,19,21). The zero-order valence-corrected chi connectivity index (χ0v) is 13.7. The van der Waals surface area contributed by atoms with Crippen molar-refractivity contribution in [3.05, 3.63) is 59.5 Å². The van der Waals surface area contributed by atoms with Crippen LogP contribution in [0.5, 0.6) is 0 Å². The van der Waals surface area contributed by atoms with E-state index in [4.69, 9.17) is 10.2 Å². The number of carbonyl (C=O) groups excluding carboxylic acids is 1. The van der Waals surface area contributed by atoms with Crippen LogP contribution in [0.3, 0.4) is 0 Å². The molecule has 1 unspecified atom stereocenters. The number of nitrogens with two attached hydrogens (primary N) is 1. The Kier molecular flexibility index (Phi) is 4.43. The molecule has 23 heavy (non-hydrogen) atoms. The van der Waals surface area contributed by atoms with Gasteiger partial charge in [-0.3, -0.25) is 9.79 Å². The van der Waals surface area contributed by atoms with Crippen molar-refractivity contribution in [2.24, 2.45) is 10.7 Å². The normalized spacial score (nSPS) is 20.8. The first-order chi connectivity index (χ1) is 11.1. The molecular formula is C17H19N3O2S. The molecule has 120 valence electrons. The number of rotatable bonds is 4. The fourth-order valence-electron chi connectivity index (χ4n) is 2.57. The highest BCUT2D eigenvalue weighted by molar-refractivity contribution is 8.13. The van der Waals surface area contributed by atoms with Crippen molar-refractivity contribution >= 4 is 22.8 Å². The van der Waals surface area contributed by atoms with Gasteiger partial charge in [0.05, 0.1) is 18.3 Å². The van der Waals surface area contributed by atoms with Crippen molar-refractivity contribution in [3.63, 3.8) is 0 Å². The fourth-order valence-corrected chi connectivity index (χ4v) is 3.55. The van der Waals surface area contributed by atoms with Gasteiger partial charge in [-0.05, 0) is 43.2 Å². The second-order valence-electron chi connectivity index (χ2n) is 5.67. The molecule has 3 rings (SSSR count). The van der Waals surface area contributed by atoms with Crippen molar-refractivity contribution in [1.29, 1.82) is 0 Å². The van der Waals surface area contributed by atoms with Crippen LogP contribution in [0.2, 0.25) is 0 Å². The minimum atomic E-state index is -0.368. The highest BCUT2D eigenvalue weighted by atomic mass is 32.2. The van der Waals surface area contributed by atoms with Gasteiger partial charge < -0.3 is 15.5 Å². The van der Waals surface area contributed by atoms with E-state index in [1.807, 2.05) is 24.3 Å². The number of hydrogen-bond donors (Lipinski definition) is 2. The third-order valence-electron chi connectivity index (χ3n) is 3.95. The summed E-state index contributed by atoms with van der Waals surface area (Å²) in [4.78, 5) is 16.9. The van der Waals surface area contributed by atoms with Gasteiger partial charge >= 0.3 is 0 Å². The van der Waals surface area contributed by atoms with Crippen LogP contribution in [0, 0.1) is 0 Å². The molecule has 1 aromatic heterocycles. The molecular weight excluding hydrogens is 310 g/mol. The van der Waals surface area contributed by atoms with Gasteiger partial charge in [-0.25, -0.2) is 0 Å². The molecule has 6 heteroatoms. The molecule has 2 aromatic rings. The molecule has 1 aliphatic rings. The quantitative estimate of drug-likeness (QED) is 0.904. The zero-order valence-electron chi connectivity index (χ0n) is 12.9. The number of benzene rings is 1. The third kappa shape index (κ3) is 3.59. The molecule has 1 amide bonds. The fraction of sp³-hybridized carbons (Fsp3) is 0.294. The molecule has 5 nitrogen and oxygen atoms in total. The number of furan rings is 1. The maximum atomic E-state index is 12.3. The van der Waals surface area contributed by atoms with Gasteiger partial charge in [0.1, 0.15) is 5.76 Å². The Bertz CT molecular complexity index is 727. The highest BCUT2D eigenvalue weighted by Gasteiger charge is 2.29. The zero-order chi connectivity index (χ0) is 16.3. The lowest BCUT2D eigenvalue weighted by atomic mass is 9.88. The molecule has 0 saturated carbocycles. The average molecular weight is 329 g/mol. The number of thioether (sulfide) groups is 1. The van der Waals surface area contributed by atoms with E-state index in [1.165, 1.54) is 0 Å². The monoisotopic (exact) mass is 329 g/mol. The summed E-state index contributed by atoms with van der Waals surface area (Å²) in [7, 11) is 0. The van der Waals surface area contributed by atoms with Gasteiger partial charge in [-0.15, -0.1) is 0 Å². The molecule has 0 bridgehead atoms. The number of nitrogens with one attached hydrogen (secondary N) is 1. The molecule has 0 fully saturated rings. The van der Waals surface area contributed by atoms with Crippen LogP contribution in [-0.2, 0) is 12.1 Å². The number of aliphatic imine (C=N–C) groups is 1. The number of carbonyl (C=O) groups is 1. The Hall–Kier alpha value is -2.21. The van der Waals surface area contributed by atoms with Crippen LogP contribution in [0.4, 0.5) is 0 Å². The van der Waals surface area contributed by atoms with E-state index in [-0.39, 0.29) is 11.4 Å². The first-order valence-electron chi connectivity index (χ1n) is 7.46. The summed E-state index contributed by atoms with van der Waals surface area (Å²) in [5, 5.41) is 3.46. The maximum Gasteiger partial charge on any atom is 0.251 e. The summed E-state index contributed by atoms with van der Waals surface area (Å²) >= 11 is 1.57. The van der Waals surface area contributed by atoms with Crippen molar-refractivity contribution in [1.82, 2.24) is 5.32 Å². The Morgan fingerprint density at radius 3 is 3.04 bits per heavy atom. The number of nitrogens with zero attached hydrogens (tertiary/aromatic N) is 1. The predicted octanol–water partition coefficient (Wildman–Crippen LogP) is 2.88. The van der Waals surface area contributed by atoms with Crippen molar-refractivity contribution < 1.29 is 9.21 Å². The minimum absolute atomic E-state index is 0.131. The summed E-state index contributed by atoms with van der Waals surface area (Å²) in [5.74, 6) is 1.53. The second kappa shape index (κ2) is 6.50. The molecule has 1 atom stereocenters. The smallest absolute Gasteiger partial charge is 0.251 e. The molecule has 0 saturated heterocycles. The van der Waals surface area contributed by atoms with Crippen LogP contribution in [0.25, 0.3) is 0 Å². The van der Waals surface area contributed by atoms with Gasteiger partial charge in [-0.2, -0.15) is 0 Å². The summed E-state index contributed by atoms with van der Waals surface area (Å²) in [6.07, 6.45) is 2.49. The van der Waals surface area contributed by atoms with Crippen molar-refractivity contribution in [2.45, 2.75) is 25.4 Å². The summed E-state index contributed by atoms with van der Waals surface area (Å²) in [5.41, 5.74) is 7.12. The number of amidine groups is 1. The van der Waals surface area contributed by atoms with Crippen molar-refractivity contribution in [2.75, 3.05) is 5.75 Å². The predicted molar refractivity (Wildman–Crippen MR) is 92.4 cm³/mol. The van der Waals surface area contributed by atoms with Gasteiger partial charge in [0.15, 0.2) is 5.17 Å². The molecule has 0 spiro atoms. The SMILES string of the molecule is CC1(c2cccc(C(=O)NCc3ccco3)c2)CCSC(N)=N1. The lowest BCUT2D eigenvalue weighted by Gasteiger charge is -2.30. The average Bonchev–Trinajstić information content (AvgIpc) is 3.06. The van der Waals surface area contributed by atoms with Crippen LogP contribution >= 0.6 is 11.8 Å². The summed E-state index contributed by atoms with van der Waals surface area (Å²) < 4.78 is 5.22. The van der Waals surface area contributed by atoms with Crippen LogP contribution in [0.1, 0.15) is 35.0 Å².